The van der Waals surface area contributed by atoms with Gasteiger partial charge in [-0.1, -0.05) is 55.1 Å². The average molecular weight is 455 g/mol. The summed E-state index contributed by atoms with van der Waals surface area (Å²) in [5.74, 6) is 2.84. The Hall–Kier alpha value is -3.92. The summed E-state index contributed by atoms with van der Waals surface area (Å²) in [4.78, 5) is 0. The van der Waals surface area contributed by atoms with E-state index in [4.69, 9.17) is 18.9 Å². The number of hydrogen-bond acceptors (Lipinski definition) is 4. The Balaban J connectivity index is 1.98. The molecule has 4 rings (SSSR count). The third-order valence-corrected chi connectivity index (χ3v) is 6.28. The monoisotopic (exact) mass is 454 g/mol. The van der Waals surface area contributed by atoms with E-state index in [-0.39, 0.29) is 0 Å². The van der Waals surface area contributed by atoms with Crippen molar-refractivity contribution < 1.29 is 18.9 Å². The van der Waals surface area contributed by atoms with Crippen molar-refractivity contribution >= 4 is 16.8 Å². The van der Waals surface area contributed by atoms with E-state index in [0.29, 0.717) is 17.2 Å². The topological polar surface area (TPSA) is 36.9 Å². The Morgan fingerprint density at radius 1 is 0.735 bits per heavy atom. The minimum Gasteiger partial charge on any atom is -0.493 e. The smallest absolute Gasteiger partial charge is 0.168 e. The number of hydrogen-bond donors (Lipinski definition) is 0. The van der Waals surface area contributed by atoms with Gasteiger partial charge in [-0.05, 0) is 58.1 Å². The van der Waals surface area contributed by atoms with Gasteiger partial charge in [0.1, 0.15) is 0 Å². The van der Waals surface area contributed by atoms with E-state index in [9.17, 15) is 0 Å². The highest BCUT2D eigenvalue weighted by Gasteiger charge is 2.21. The van der Waals surface area contributed by atoms with Gasteiger partial charge in [-0.15, -0.1) is 0 Å². The number of ether oxygens (including phenoxy) is 4. The third kappa shape index (κ3) is 4.08. The maximum absolute atomic E-state index is 5.86. The van der Waals surface area contributed by atoms with E-state index in [2.05, 4.69) is 43.8 Å². The lowest BCUT2D eigenvalue weighted by Gasteiger charge is -2.21. The molecule has 0 aliphatic carbocycles. The molecular formula is C30H30O4. The van der Waals surface area contributed by atoms with Gasteiger partial charge in [-0.3, -0.25) is 0 Å². The van der Waals surface area contributed by atoms with Crippen molar-refractivity contribution in [3.8, 4) is 34.1 Å². The van der Waals surface area contributed by atoms with Crippen molar-refractivity contribution in [1.29, 1.82) is 0 Å². The average Bonchev–Trinajstić information content (AvgIpc) is 2.88. The predicted molar refractivity (Wildman–Crippen MR) is 140 cm³/mol. The lowest BCUT2D eigenvalue weighted by atomic mass is 9.89. The molecule has 34 heavy (non-hydrogen) atoms. The second kappa shape index (κ2) is 9.92. The van der Waals surface area contributed by atoms with Crippen LogP contribution in [0.5, 0.6) is 23.0 Å². The fourth-order valence-electron chi connectivity index (χ4n) is 4.60. The SMILES string of the molecule is C=Cc1c(-c2ccc3cc(OC)c(OC)cc3c2C)cc(Cc2ccccc2)c(OC)c1OC. The van der Waals surface area contributed by atoms with Crippen LogP contribution in [0.4, 0.5) is 0 Å². The molecule has 0 amide bonds. The summed E-state index contributed by atoms with van der Waals surface area (Å²) in [6, 6.07) is 20.9. The first-order valence-corrected chi connectivity index (χ1v) is 11.2. The van der Waals surface area contributed by atoms with Crippen molar-refractivity contribution in [3.05, 3.63) is 89.5 Å². The number of methoxy groups -OCH3 is 4. The van der Waals surface area contributed by atoms with Crippen molar-refractivity contribution in [2.45, 2.75) is 13.3 Å². The molecule has 0 aromatic heterocycles. The zero-order valence-electron chi connectivity index (χ0n) is 20.4. The van der Waals surface area contributed by atoms with Crippen LogP contribution in [0.15, 0.2) is 67.2 Å². The highest BCUT2D eigenvalue weighted by Crippen LogP contribution is 2.45. The summed E-state index contributed by atoms with van der Waals surface area (Å²) in [5, 5.41) is 2.19. The summed E-state index contributed by atoms with van der Waals surface area (Å²) in [7, 11) is 6.66. The molecule has 0 fully saturated rings. The Morgan fingerprint density at radius 2 is 1.41 bits per heavy atom. The van der Waals surface area contributed by atoms with Gasteiger partial charge in [0, 0.05) is 17.5 Å². The molecule has 0 unspecified atom stereocenters. The van der Waals surface area contributed by atoms with Gasteiger partial charge in [0.2, 0.25) is 0 Å². The quantitative estimate of drug-likeness (QED) is 0.285. The second-order valence-corrected chi connectivity index (χ2v) is 8.10. The lowest BCUT2D eigenvalue weighted by Crippen LogP contribution is -2.02. The van der Waals surface area contributed by atoms with E-state index in [1.54, 1.807) is 28.4 Å². The molecule has 0 saturated heterocycles. The Bertz CT molecular complexity index is 1340. The first-order valence-electron chi connectivity index (χ1n) is 11.2. The van der Waals surface area contributed by atoms with Crippen LogP contribution >= 0.6 is 0 Å². The standard InChI is InChI=1S/C30H30O4/c1-7-23-26(16-22(29(33-5)30(23)34-6)15-20-11-9-8-10-12-20)24-14-13-21-17-27(31-3)28(32-4)18-25(21)19(24)2/h7-14,16-18H,1,15H2,2-6H3. The number of rotatable bonds is 8. The van der Waals surface area contributed by atoms with Crippen LogP contribution in [0.2, 0.25) is 0 Å². The van der Waals surface area contributed by atoms with Crippen LogP contribution in [0.1, 0.15) is 22.3 Å². The predicted octanol–water partition coefficient (Wildman–Crippen LogP) is 7.08. The Morgan fingerprint density at radius 3 is 2.03 bits per heavy atom. The van der Waals surface area contributed by atoms with Crippen LogP contribution < -0.4 is 18.9 Å². The Kier molecular flexibility index (Phi) is 6.78. The van der Waals surface area contributed by atoms with Crippen molar-refractivity contribution in [1.82, 2.24) is 0 Å². The van der Waals surface area contributed by atoms with Gasteiger partial charge < -0.3 is 18.9 Å². The van der Waals surface area contributed by atoms with Gasteiger partial charge in [0.05, 0.1) is 28.4 Å². The van der Waals surface area contributed by atoms with E-state index >= 15 is 0 Å². The summed E-state index contributed by atoms with van der Waals surface area (Å²) in [6.45, 7) is 6.21. The van der Waals surface area contributed by atoms with Gasteiger partial charge in [-0.25, -0.2) is 0 Å². The van der Waals surface area contributed by atoms with Gasteiger partial charge >= 0.3 is 0 Å². The summed E-state index contributed by atoms with van der Waals surface area (Å²) in [6.07, 6.45) is 2.56. The van der Waals surface area contributed by atoms with Gasteiger partial charge in [-0.2, -0.15) is 0 Å². The molecule has 0 heterocycles. The van der Waals surface area contributed by atoms with Crippen LogP contribution in [0.25, 0.3) is 28.0 Å². The molecule has 0 bridgehead atoms. The molecule has 0 radical (unpaired) electrons. The largest absolute Gasteiger partial charge is 0.493 e. The van der Waals surface area contributed by atoms with Crippen LogP contribution in [0.3, 0.4) is 0 Å². The molecule has 4 aromatic rings. The Labute approximate surface area is 201 Å². The minimum atomic E-state index is 0.688. The van der Waals surface area contributed by atoms with E-state index in [1.807, 2.05) is 36.4 Å². The molecule has 4 nitrogen and oxygen atoms in total. The molecular weight excluding hydrogens is 424 g/mol. The van der Waals surface area contributed by atoms with Crippen molar-refractivity contribution in [2.24, 2.45) is 0 Å². The molecule has 4 heteroatoms. The maximum Gasteiger partial charge on any atom is 0.168 e. The fourth-order valence-corrected chi connectivity index (χ4v) is 4.60. The number of benzene rings is 4. The van der Waals surface area contributed by atoms with E-state index in [0.717, 1.165) is 50.8 Å². The van der Waals surface area contributed by atoms with Crippen LogP contribution in [0, 0.1) is 6.92 Å². The zero-order valence-corrected chi connectivity index (χ0v) is 20.4. The third-order valence-electron chi connectivity index (χ3n) is 6.28. The van der Waals surface area contributed by atoms with Crippen LogP contribution in [-0.2, 0) is 6.42 Å². The molecule has 0 atom stereocenters. The second-order valence-electron chi connectivity index (χ2n) is 8.10. The van der Waals surface area contributed by atoms with Crippen molar-refractivity contribution in [3.63, 3.8) is 0 Å². The normalized spacial score (nSPS) is 10.7. The highest BCUT2D eigenvalue weighted by atomic mass is 16.5. The molecule has 174 valence electrons. The molecule has 0 aliphatic heterocycles. The minimum absolute atomic E-state index is 0.688. The first kappa shape index (κ1) is 23.2. The first-order chi connectivity index (χ1) is 16.6. The van der Waals surface area contributed by atoms with Gasteiger partial charge in [0.15, 0.2) is 23.0 Å². The highest BCUT2D eigenvalue weighted by molar-refractivity contribution is 5.96. The molecule has 0 spiro atoms. The number of fused-ring (bicyclic) bond motifs is 1. The summed E-state index contributed by atoms with van der Waals surface area (Å²) in [5.41, 5.74) is 6.45. The molecule has 0 N–H and O–H groups in total. The lowest BCUT2D eigenvalue weighted by molar-refractivity contribution is 0.352. The molecule has 0 aliphatic rings. The van der Waals surface area contributed by atoms with E-state index < -0.39 is 0 Å². The summed E-state index contributed by atoms with van der Waals surface area (Å²) < 4.78 is 22.7. The molecule has 4 aromatic carbocycles. The number of aryl methyl sites for hydroxylation is 1. The van der Waals surface area contributed by atoms with E-state index in [1.165, 1.54) is 5.56 Å². The van der Waals surface area contributed by atoms with Gasteiger partial charge in [0.25, 0.3) is 0 Å². The van der Waals surface area contributed by atoms with Crippen LogP contribution in [-0.4, -0.2) is 28.4 Å². The summed E-state index contributed by atoms with van der Waals surface area (Å²) >= 11 is 0. The molecule has 0 saturated carbocycles. The fraction of sp³-hybridized carbons (Fsp3) is 0.200. The maximum atomic E-state index is 5.86. The van der Waals surface area contributed by atoms with Crippen molar-refractivity contribution in [2.75, 3.05) is 28.4 Å². The zero-order chi connectivity index (χ0) is 24.2.